The third kappa shape index (κ3) is 2.09. The Hall–Kier alpha value is -0.760. The summed E-state index contributed by atoms with van der Waals surface area (Å²) in [6.45, 7) is 5.92. The molecule has 0 spiro atoms. The van der Waals surface area contributed by atoms with Crippen molar-refractivity contribution in [1.29, 1.82) is 5.41 Å². The van der Waals surface area contributed by atoms with Crippen LogP contribution in [0.2, 0.25) is 0 Å². The van der Waals surface area contributed by atoms with Gasteiger partial charge in [-0.15, -0.1) is 0 Å². The lowest BCUT2D eigenvalue weighted by molar-refractivity contribution is 1.16. The SMILES string of the molecule is C=C(/C=C1/SC=CC1=N)CC. The maximum Gasteiger partial charge on any atom is 0.0684 e. The van der Waals surface area contributed by atoms with Gasteiger partial charge < -0.3 is 0 Å². The molecule has 0 unspecified atom stereocenters. The van der Waals surface area contributed by atoms with E-state index in [1.54, 1.807) is 17.8 Å². The molecule has 1 N–H and O–H groups in total. The summed E-state index contributed by atoms with van der Waals surface area (Å²) in [6, 6.07) is 0. The van der Waals surface area contributed by atoms with Crippen molar-refractivity contribution in [2.24, 2.45) is 0 Å². The number of hydrogen-bond acceptors (Lipinski definition) is 2. The molecule has 1 nitrogen and oxygen atoms in total. The molecule has 58 valence electrons. The van der Waals surface area contributed by atoms with Crippen LogP contribution in [0, 0.1) is 5.41 Å². The zero-order valence-electron chi connectivity index (χ0n) is 6.55. The van der Waals surface area contributed by atoms with Crippen LogP contribution >= 0.6 is 11.8 Å². The van der Waals surface area contributed by atoms with Crippen LogP contribution in [0.5, 0.6) is 0 Å². The second-order valence-electron chi connectivity index (χ2n) is 2.35. The zero-order chi connectivity index (χ0) is 8.27. The summed E-state index contributed by atoms with van der Waals surface area (Å²) in [5, 5.41) is 9.38. The predicted molar refractivity (Wildman–Crippen MR) is 52.0 cm³/mol. The van der Waals surface area contributed by atoms with Crippen molar-refractivity contribution in [3.63, 3.8) is 0 Å². The van der Waals surface area contributed by atoms with E-state index < -0.39 is 0 Å². The summed E-state index contributed by atoms with van der Waals surface area (Å²) >= 11 is 1.59. The highest BCUT2D eigenvalue weighted by Gasteiger charge is 2.06. The van der Waals surface area contributed by atoms with Crippen LogP contribution in [0.4, 0.5) is 0 Å². The largest absolute Gasteiger partial charge is 0.300 e. The molecule has 11 heavy (non-hydrogen) atoms. The lowest BCUT2D eigenvalue weighted by Gasteiger charge is -1.96. The maximum absolute atomic E-state index is 7.46. The fourth-order valence-corrected chi connectivity index (χ4v) is 1.50. The number of rotatable bonds is 2. The Kier molecular flexibility index (Phi) is 2.71. The maximum atomic E-state index is 7.46. The van der Waals surface area contributed by atoms with E-state index in [9.17, 15) is 0 Å². The van der Waals surface area contributed by atoms with E-state index in [-0.39, 0.29) is 0 Å². The van der Waals surface area contributed by atoms with Gasteiger partial charge in [0.25, 0.3) is 0 Å². The van der Waals surface area contributed by atoms with E-state index in [0.717, 1.165) is 16.9 Å². The van der Waals surface area contributed by atoms with Gasteiger partial charge in [0.15, 0.2) is 0 Å². The molecule has 0 aromatic heterocycles. The van der Waals surface area contributed by atoms with Crippen LogP contribution in [0.1, 0.15) is 13.3 Å². The number of nitrogens with one attached hydrogen (secondary N) is 1. The van der Waals surface area contributed by atoms with E-state index in [0.29, 0.717) is 5.71 Å². The van der Waals surface area contributed by atoms with Gasteiger partial charge in [-0.3, -0.25) is 5.41 Å². The van der Waals surface area contributed by atoms with Crippen LogP contribution in [0.15, 0.2) is 34.6 Å². The predicted octanol–water partition coefficient (Wildman–Crippen LogP) is 3.12. The van der Waals surface area contributed by atoms with Crippen molar-refractivity contribution >= 4 is 17.5 Å². The summed E-state index contributed by atoms with van der Waals surface area (Å²) < 4.78 is 0. The second kappa shape index (κ2) is 3.58. The molecule has 1 heterocycles. The quantitative estimate of drug-likeness (QED) is 0.667. The van der Waals surface area contributed by atoms with Crippen LogP contribution in [-0.4, -0.2) is 5.71 Å². The number of thioether (sulfide) groups is 1. The summed E-state index contributed by atoms with van der Waals surface area (Å²) in [4.78, 5) is 1.01. The molecule has 0 bridgehead atoms. The average Bonchev–Trinajstić information content (AvgIpc) is 2.37. The van der Waals surface area contributed by atoms with Gasteiger partial charge in [0, 0.05) is 4.91 Å². The molecule has 1 aliphatic heterocycles. The fourth-order valence-electron chi connectivity index (χ4n) is 0.720. The number of hydrogen-bond donors (Lipinski definition) is 1. The molecule has 0 saturated heterocycles. The highest BCUT2D eigenvalue weighted by Crippen LogP contribution is 2.26. The summed E-state index contributed by atoms with van der Waals surface area (Å²) in [6.07, 6.45) is 4.74. The smallest absolute Gasteiger partial charge is 0.0684 e. The second-order valence-corrected chi connectivity index (χ2v) is 3.30. The Balaban J connectivity index is 2.69. The minimum atomic E-state index is 0.601. The van der Waals surface area contributed by atoms with E-state index in [4.69, 9.17) is 5.41 Å². The molecule has 0 aromatic rings. The van der Waals surface area contributed by atoms with Crippen molar-refractivity contribution in [2.45, 2.75) is 13.3 Å². The molecular formula is C9H11NS. The first kappa shape index (κ1) is 8.34. The Bertz CT molecular complexity index is 248. The van der Waals surface area contributed by atoms with Gasteiger partial charge in [-0.25, -0.2) is 0 Å². The lowest BCUT2D eigenvalue weighted by Crippen LogP contribution is -1.87. The third-order valence-electron chi connectivity index (χ3n) is 1.48. The Labute approximate surface area is 71.4 Å². The van der Waals surface area contributed by atoms with Crippen LogP contribution in [-0.2, 0) is 0 Å². The molecule has 1 rings (SSSR count). The van der Waals surface area contributed by atoms with Gasteiger partial charge in [0.05, 0.1) is 5.71 Å². The summed E-state index contributed by atoms with van der Waals surface area (Å²) in [5.41, 5.74) is 1.69. The highest BCUT2D eigenvalue weighted by molar-refractivity contribution is 8.07. The van der Waals surface area contributed by atoms with Gasteiger partial charge in [0.2, 0.25) is 0 Å². The van der Waals surface area contributed by atoms with Crippen molar-refractivity contribution < 1.29 is 0 Å². The summed E-state index contributed by atoms with van der Waals surface area (Å²) in [5.74, 6) is 0. The van der Waals surface area contributed by atoms with Gasteiger partial charge in [-0.2, -0.15) is 0 Å². The average molecular weight is 165 g/mol. The lowest BCUT2D eigenvalue weighted by atomic mass is 10.2. The molecule has 0 radical (unpaired) electrons. The first-order valence-corrected chi connectivity index (χ1v) is 4.43. The van der Waals surface area contributed by atoms with Crippen LogP contribution < -0.4 is 0 Å². The van der Waals surface area contributed by atoms with Gasteiger partial charge in [0.1, 0.15) is 0 Å². The molecule has 0 atom stereocenters. The normalized spacial score (nSPS) is 19.7. The first-order chi connectivity index (χ1) is 5.24. The van der Waals surface area contributed by atoms with Gasteiger partial charge in [-0.05, 0) is 24.0 Å². The topological polar surface area (TPSA) is 23.9 Å². The van der Waals surface area contributed by atoms with Crippen molar-refractivity contribution in [3.05, 3.63) is 34.6 Å². The Morgan fingerprint density at radius 3 is 3.00 bits per heavy atom. The minimum Gasteiger partial charge on any atom is -0.300 e. The monoisotopic (exact) mass is 165 g/mol. The molecule has 1 aliphatic rings. The molecule has 0 aromatic carbocycles. The van der Waals surface area contributed by atoms with Crippen LogP contribution in [0.3, 0.4) is 0 Å². The molecule has 0 saturated carbocycles. The van der Waals surface area contributed by atoms with E-state index in [2.05, 4.69) is 13.5 Å². The summed E-state index contributed by atoms with van der Waals surface area (Å²) in [7, 11) is 0. The van der Waals surface area contributed by atoms with Gasteiger partial charge in [-0.1, -0.05) is 30.8 Å². The van der Waals surface area contributed by atoms with Crippen molar-refractivity contribution in [3.8, 4) is 0 Å². The Morgan fingerprint density at radius 2 is 2.55 bits per heavy atom. The number of allylic oxidation sites excluding steroid dienone is 4. The van der Waals surface area contributed by atoms with Gasteiger partial charge >= 0.3 is 0 Å². The zero-order valence-corrected chi connectivity index (χ0v) is 7.37. The van der Waals surface area contributed by atoms with E-state index in [1.807, 2.05) is 11.5 Å². The molecular weight excluding hydrogens is 154 g/mol. The molecule has 0 aliphatic carbocycles. The van der Waals surface area contributed by atoms with E-state index >= 15 is 0 Å². The highest BCUT2D eigenvalue weighted by atomic mass is 32.2. The molecule has 2 heteroatoms. The molecule has 0 fully saturated rings. The first-order valence-electron chi connectivity index (χ1n) is 3.55. The Morgan fingerprint density at radius 1 is 1.82 bits per heavy atom. The fraction of sp³-hybridized carbons (Fsp3) is 0.222. The minimum absolute atomic E-state index is 0.601. The van der Waals surface area contributed by atoms with Crippen molar-refractivity contribution in [1.82, 2.24) is 0 Å². The standard InChI is InChI=1S/C9H11NS/c1-3-7(2)6-9-8(10)4-5-11-9/h4-6,10H,2-3H2,1H3/b9-6+,10-8?. The van der Waals surface area contributed by atoms with Crippen LogP contribution in [0.25, 0.3) is 0 Å². The van der Waals surface area contributed by atoms with E-state index in [1.165, 1.54) is 0 Å². The third-order valence-corrected chi connectivity index (χ3v) is 2.35. The van der Waals surface area contributed by atoms with Crippen molar-refractivity contribution in [2.75, 3.05) is 0 Å². The molecule has 0 amide bonds.